The van der Waals surface area contributed by atoms with Gasteiger partial charge in [-0.3, -0.25) is 4.98 Å². The monoisotopic (exact) mass is 602 g/mol. The van der Waals surface area contributed by atoms with Crippen molar-refractivity contribution in [1.29, 1.82) is 5.26 Å². The molecule has 0 unspecified atom stereocenters. The zero-order valence-corrected chi connectivity index (χ0v) is 25.9. The lowest BCUT2D eigenvalue weighted by Crippen LogP contribution is -2.02. The number of allylic oxidation sites excluding steroid dienone is 2. The van der Waals surface area contributed by atoms with Gasteiger partial charge in [-0.1, -0.05) is 104 Å². The van der Waals surface area contributed by atoms with Gasteiger partial charge in [0, 0.05) is 44.7 Å². The molecule has 0 aliphatic heterocycles. The molecule has 8 rings (SSSR count). The summed E-state index contributed by atoms with van der Waals surface area (Å²) in [5, 5.41) is 13.9. The van der Waals surface area contributed by atoms with Crippen molar-refractivity contribution >= 4 is 38.8 Å². The van der Waals surface area contributed by atoms with Crippen molar-refractivity contribution in [2.75, 3.05) is 0 Å². The smallest absolute Gasteiger partial charge is 0.0998 e. The molecule has 8 aromatic rings. The second-order valence-electron chi connectivity index (χ2n) is 11.6. The number of para-hydroxylation sites is 3. The van der Waals surface area contributed by atoms with Crippen LogP contribution in [0, 0.1) is 18.3 Å². The standard InChI is InChI=1S/C43H30N4/c1-3-4-17-33-29(2)46(37-21-8-5-18-34(33)37)41-25-13-26-45-43(41)31-15-11-14-30(27-31)42-32(28-44)16-12-24-40(42)47-38-22-9-6-19-35(38)36-20-7-10-23-39(36)47/h3-27H,1H2,2H3/b17-4-. The molecule has 0 aliphatic carbocycles. The summed E-state index contributed by atoms with van der Waals surface area (Å²) in [6, 6.07) is 46.4. The zero-order valence-electron chi connectivity index (χ0n) is 25.9. The highest BCUT2D eigenvalue weighted by Crippen LogP contribution is 2.40. The van der Waals surface area contributed by atoms with E-state index in [1.54, 1.807) is 6.08 Å². The van der Waals surface area contributed by atoms with E-state index in [2.05, 4.69) is 144 Å². The quantitative estimate of drug-likeness (QED) is 0.178. The summed E-state index contributed by atoms with van der Waals surface area (Å²) in [6.45, 7) is 6.03. The molecule has 0 radical (unpaired) electrons. The van der Waals surface area contributed by atoms with Crippen LogP contribution in [-0.2, 0) is 0 Å². The summed E-state index contributed by atoms with van der Waals surface area (Å²) in [4.78, 5) is 4.95. The second kappa shape index (κ2) is 11.5. The van der Waals surface area contributed by atoms with Crippen LogP contribution in [0.25, 0.3) is 72.5 Å². The Morgan fingerprint density at radius 2 is 1.28 bits per heavy atom. The molecule has 222 valence electrons. The normalized spacial score (nSPS) is 11.5. The highest BCUT2D eigenvalue weighted by atomic mass is 15.0. The second-order valence-corrected chi connectivity index (χ2v) is 11.6. The summed E-state index contributed by atoms with van der Waals surface area (Å²) < 4.78 is 4.58. The average Bonchev–Trinajstić information content (AvgIpc) is 3.61. The lowest BCUT2D eigenvalue weighted by molar-refractivity contribution is 1.04. The van der Waals surface area contributed by atoms with E-state index in [4.69, 9.17) is 4.98 Å². The van der Waals surface area contributed by atoms with Crippen LogP contribution in [0.3, 0.4) is 0 Å². The number of nitrogens with zero attached hydrogens (tertiary/aromatic N) is 4. The van der Waals surface area contributed by atoms with Gasteiger partial charge in [0.05, 0.1) is 45.3 Å². The molecule has 5 aromatic carbocycles. The first kappa shape index (κ1) is 28.1. The van der Waals surface area contributed by atoms with Crippen molar-refractivity contribution in [1.82, 2.24) is 14.1 Å². The van der Waals surface area contributed by atoms with Crippen molar-refractivity contribution in [3.63, 3.8) is 0 Å². The third kappa shape index (κ3) is 4.48. The Kier molecular flexibility index (Phi) is 6.86. The van der Waals surface area contributed by atoms with E-state index in [9.17, 15) is 5.26 Å². The van der Waals surface area contributed by atoms with Crippen molar-refractivity contribution < 1.29 is 0 Å². The Morgan fingerprint density at radius 1 is 0.660 bits per heavy atom. The predicted octanol–water partition coefficient (Wildman–Crippen LogP) is 10.8. The molecule has 47 heavy (non-hydrogen) atoms. The summed E-state index contributed by atoms with van der Waals surface area (Å²) in [6.07, 6.45) is 7.75. The van der Waals surface area contributed by atoms with E-state index in [0.717, 1.165) is 61.6 Å². The van der Waals surface area contributed by atoms with Crippen LogP contribution in [0.2, 0.25) is 0 Å². The number of rotatable bonds is 6. The molecular formula is C43H30N4. The van der Waals surface area contributed by atoms with Crippen LogP contribution >= 0.6 is 0 Å². The lowest BCUT2D eigenvalue weighted by Gasteiger charge is -2.17. The van der Waals surface area contributed by atoms with Gasteiger partial charge in [-0.15, -0.1) is 0 Å². The van der Waals surface area contributed by atoms with Crippen LogP contribution in [0.4, 0.5) is 0 Å². The van der Waals surface area contributed by atoms with Gasteiger partial charge in [-0.25, -0.2) is 0 Å². The molecule has 0 fully saturated rings. The third-order valence-corrected chi connectivity index (χ3v) is 9.00. The average molecular weight is 603 g/mol. The first-order chi connectivity index (χ1) is 23.2. The Hall–Kier alpha value is -6.44. The van der Waals surface area contributed by atoms with Crippen molar-refractivity contribution in [3.8, 4) is 39.8 Å². The molecule has 0 saturated carbocycles. The molecule has 0 aliphatic rings. The Morgan fingerprint density at radius 3 is 1.98 bits per heavy atom. The summed E-state index contributed by atoms with van der Waals surface area (Å²) in [7, 11) is 0. The van der Waals surface area contributed by atoms with Crippen LogP contribution < -0.4 is 0 Å². The van der Waals surface area contributed by atoms with Crippen molar-refractivity contribution in [2.45, 2.75) is 6.92 Å². The Bertz CT molecular complexity index is 2520. The van der Waals surface area contributed by atoms with Crippen LogP contribution in [0.5, 0.6) is 0 Å². The SMILES string of the molecule is C=C/C=C\c1c(C)n(-c2cccnc2-c2cccc(-c3c(C#N)cccc3-n3c4ccccc4c4ccccc43)c2)c2ccccc12. The van der Waals surface area contributed by atoms with Gasteiger partial charge in [0.2, 0.25) is 0 Å². The number of benzene rings is 5. The van der Waals surface area contributed by atoms with Gasteiger partial charge in [0.25, 0.3) is 0 Å². The van der Waals surface area contributed by atoms with E-state index in [-0.39, 0.29) is 0 Å². The van der Waals surface area contributed by atoms with Gasteiger partial charge in [-0.2, -0.15) is 5.26 Å². The highest BCUT2D eigenvalue weighted by Gasteiger charge is 2.20. The molecule has 0 saturated heterocycles. The van der Waals surface area contributed by atoms with E-state index >= 15 is 0 Å². The van der Waals surface area contributed by atoms with Crippen molar-refractivity contribution in [2.24, 2.45) is 0 Å². The van der Waals surface area contributed by atoms with Gasteiger partial charge in [-0.05, 0) is 61.0 Å². The maximum Gasteiger partial charge on any atom is 0.0998 e. The van der Waals surface area contributed by atoms with Gasteiger partial charge >= 0.3 is 0 Å². The van der Waals surface area contributed by atoms with Crippen LogP contribution in [0.1, 0.15) is 16.8 Å². The van der Waals surface area contributed by atoms with Crippen molar-refractivity contribution in [3.05, 3.63) is 169 Å². The number of pyridine rings is 1. The number of hydrogen-bond acceptors (Lipinski definition) is 2. The third-order valence-electron chi connectivity index (χ3n) is 9.00. The van der Waals surface area contributed by atoms with E-state index < -0.39 is 0 Å². The Labute approximate surface area is 273 Å². The number of aromatic nitrogens is 3. The van der Waals surface area contributed by atoms with Gasteiger partial charge < -0.3 is 9.13 Å². The Balaban J connectivity index is 1.36. The molecule has 4 heteroatoms. The summed E-state index contributed by atoms with van der Waals surface area (Å²) >= 11 is 0. The molecule has 3 heterocycles. The lowest BCUT2D eigenvalue weighted by atomic mass is 9.95. The molecule has 3 aromatic heterocycles. The maximum absolute atomic E-state index is 10.4. The maximum atomic E-state index is 10.4. The molecular weight excluding hydrogens is 573 g/mol. The fraction of sp³-hybridized carbons (Fsp3) is 0.0233. The van der Waals surface area contributed by atoms with Crippen LogP contribution in [0.15, 0.2) is 152 Å². The molecule has 0 spiro atoms. The topological polar surface area (TPSA) is 46.5 Å². The fourth-order valence-electron chi connectivity index (χ4n) is 7.00. The number of fused-ring (bicyclic) bond motifs is 4. The molecule has 0 amide bonds. The minimum absolute atomic E-state index is 0.619. The first-order valence-corrected chi connectivity index (χ1v) is 15.7. The van der Waals surface area contributed by atoms with E-state index in [0.29, 0.717) is 5.56 Å². The zero-order chi connectivity index (χ0) is 31.9. The number of nitriles is 1. The van der Waals surface area contributed by atoms with Crippen LogP contribution in [-0.4, -0.2) is 14.1 Å². The molecule has 4 nitrogen and oxygen atoms in total. The molecule has 0 atom stereocenters. The minimum atomic E-state index is 0.619. The van der Waals surface area contributed by atoms with Gasteiger partial charge in [0.1, 0.15) is 0 Å². The van der Waals surface area contributed by atoms with E-state index in [1.807, 2.05) is 30.5 Å². The fourth-order valence-corrected chi connectivity index (χ4v) is 7.00. The number of hydrogen-bond donors (Lipinski definition) is 0. The highest BCUT2D eigenvalue weighted by molar-refractivity contribution is 6.10. The first-order valence-electron chi connectivity index (χ1n) is 15.7. The van der Waals surface area contributed by atoms with E-state index in [1.165, 1.54) is 16.2 Å². The largest absolute Gasteiger partial charge is 0.311 e. The molecule has 0 N–H and O–H groups in total. The minimum Gasteiger partial charge on any atom is -0.311 e. The van der Waals surface area contributed by atoms with Gasteiger partial charge in [0.15, 0.2) is 0 Å². The summed E-state index contributed by atoms with van der Waals surface area (Å²) in [5.41, 5.74) is 11.9. The molecule has 0 bridgehead atoms. The predicted molar refractivity (Wildman–Crippen MR) is 195 cm³/mol. The summed E-state index contributed by atoms with van der Waals surface area (Å²) in [5.74, 6) is 0.